The van der Waals surface area contributed by atoms with Crippen LogP contribution in [-0.2, 0) is 9.53 Å². The van der Waals surface area contributed by atoms with Crippen LogP contribution in [0.1, 0.15) is 44.9 Å². The van der Waals surface area contributed by atoms with Crippen LogP contribution in [0.3, 0.4) is 0 Å². The van der Waals surface area contributed by atoms with Crippen LogP contribution in [0.2, 0.25) is 0 Å². The van der Waals surface area contributed by atoms with Crippen LogP contribution in [0.4, 0.5) is 0 Å². The van der Waals surface area contributed by atoms with E-state index in [0.717, 1.165) is 25.4 Å². The van der Waals surface area contributed by atoms with Gasteiger partial charge >= 0.3 is 5.97 Å². The summed E-state index contributed by atoms with van der Waals surface area (Å²) >= 11 is 0. The summed E-state index contributed by atoms with van der Waals surface area (Å²) < 4.78 is 5.78. The second kappa shape index (κ2) is 4.97. The number of carboxylic acid groups (broad SMARTS) is 1. The summed E-state index contributed by atoms with van der Waals surface area (Å²) in [5.41, 5.74) is 0. The second-order valence-electron chi connectivity index (χ2n) is 4.84. The molecule has 0 radical (unpaired) electrons. The molecule has 15 heavy (non-hydrogen) atoms. The third-order valence-electron chi connectivity index (χ3n) is 3.61. The van der Waals surface area contributed by atoms with E-state index in [-0.39, 0.29) is 0 Å². The van der Waals surface area contributed by atoms with Gasteiger partial charge in [0.1, 0.15) is 0 Å². The number of hydrogen-bond donors (Lipinski definition) is 1. The van der Waals surface area contributed by atoms with Crippen molar-refractivity contribution in [2.75, 3.05) is 6.61 Å². The third kappa shape index (κ3) is 3.20. The molecule has 0 aromatic heterocycles. The summed E-state index contributed by atoms with van der Waals surface area (Å²) in [6.07, 6.45) is 7.60. The molecule has 1 aliphatic carbocycles. The first-order chi connectivity index (χ1) is 7.27. The molecule has 86 valence electrons. The summed E-state index contributed by atoms with van der Waals surface area (Å²) in [6, 6.07) is 0. The molecule has 3 nitrogen and oxygen atoms in total. The monoisotopic (exact) mass is 212 g/mol. The van der Waals surface area contributed by atoms with Crippen LogP contribution in [-0.4, -0.2) is 23.8 Å². The highest BCUT2D eigenvalue weighted by Gasteiger charge is 2.37. The molecule has 1 aliphatic heterocycles. The lowest BCUT2D eigenvalue weighted by Gasteiger charge is -2.30. The molecule has 2 aliphatic rings. The zero-order valence-corrected chi connectivity index (χ0v) is 9.15. The number of hydrogen-bond acceptors (Lipinski definition) is 2. The van der Waals surface area contributed by atoms with E-state index in [4.69, 9.17) is 9.84 Å². The normalized spacial score (nSPS) is 28.7. The van der Waals surface area contributed by atoms with Gasteiger partial charge in [0.15, 0.2) is 0 Å². The molecule has 2 fully saturated rings. The third-order valence-corrected chi connectivity index (χ3v) is 3.61. The first-order valence-corrected chi connectivity index (χ1v) is 6.11. The van der Waals surface area contributed by atoms with Gasteiger partial charge in [-0.15, -0.1) is 0 Å². The largest absolute Gasteiger partial charge is 0.481 e. The van der Waals surface area contributed by atoms with E-state index in [0.29, 0.717) is 18.4 Å². The topological polar surface area (TPSA) is 46.5 Å². The van der Waals surface area contributed by atoms with Crippen LogP contribution < -0.4 is 0 Å². The zero-order chi connectivity index (χ0) is 10.7. The van der Waals surface area contributed by atoms with Crippen molar-refractivity contribution in [3.63, 3.8) is 0 Å². The van der Waals surface area contributed by atoms with E-state index in [1.807, 2.05) is 0 Å². The summed E-state index contributed by atoms with van der Waals surface area (Å²) in [7, 11) is 0. The van der Waals surface area contributed by atoms with Gasteiger partial charge in [-0.25, -0.2) is 0 Å². The number of rotatable bonds is 5. The number of aliphatic carboxylic acids is 1. The Morgan fingerprint density at radius 2 is 2.13 bits per heavy atom. The minimum atomic E-state index is -0.670. The Balaban J connectivity index is 1.83. The Bertz CT molecular complexity index is 217. The maximum Gasteiger partial charge on any atom is 0.303 e. The van der Waals surface area contributed by atoms with E-state index < -0.39 is 5.97 Å². The molecule has 0 amide bonds. The second-order valence-corrected chi connectivity index (χ2v) is 4.84. The minimum Gasteiger partial charge on any atom is -0.481 e. The van der Waals surface area contributed by atoms with E-state index in [9.17, 15) is 4.79 Å². The average Bonchev–Trinajstić information content (AvgIpc) is 3.03. The van der Waals surface area contributed by atoms with Crippen molar-refractivity contribution < 1.29 is 14.6 Å². The zero-order valence-electron chi connectivity index (χ0n) is 9.15. The molecular weight excluding hydrogens is 192 g/mol. The Hall–Kier alpha value is -0.570. The Kier molecular flexibility index (Phi) is 3.62. The Morgan fingerprint density at radius 1 is 1.33 bits per heavy atom. The number of carboxylic acids is 1. The lowest BCUT2D eigenvalue weighted by molar-refractivity contribution is -0.137. The SMILES string of the molecule is O=C(O)CCC(C1CC1)C1CCCCO1. The van der Waals surface area contributed by atoms with E-state index in [2.05, 4.69) is 0 Å². The molecule has 1 N–H and O–H groups in total. The average molecular weight is 212 g/mol. The van der Waals surface area contributed by atoms with Crippen molar-refractivity contribution in [1.29, 1.82) is 0 Å². The summed E-state index contributed by atoms with van der Waals surface area (Å²) in [5, 5.41) is 8.72. The van der Waals surface area contributed by atoms with Crippen LogP contribution in [0, 0.1) is 11.8 Å². The summed E-state index contributed by atoms with van der Waals surface area (Å²) in [6.45, 7) is 0.876. The smallest absolute Gasteiger partial charge is 0.303 e. The molecule has 0 spiro atoms. The highest BCUT2D eigenvalue weighted by molar-refractivity contribution is 5.66. The molecule has 2 atom stereocenters. The fourth-order valence-corrected chi connectivity index (χ4v) is 2.64. The minimum absolute atomic E-state index is 0.307. The molecular formula is C12H20O3. The van der Waals surface area contributed by atoms with Crippen molar-refractivity contribution >= 4 is 5.97 Å². The van der Waals surface area contributed by atoms with Crippen LogP contribution in [0.15, 0.2) is 0 Å². The van der Waals surface area contributed by atoms with Gasteiger partial charge in [-0.1, -0.05) is 0 Å². The molecule has 2 unspecified atom stereocenters. The van der Waals surface area contributed by atoms with Crippen molar-refractivity contribution in [2.45, 2.75) is 51.0 Å². The molecule has 0 aromatic rings. The quantitative estimate of drug-likeness (QED) is 0.761. The molecule has 2 rings (SSSR count). The van der Waals surface area contributed by atoms with Crippen LogP contribution in [0.5, 0.6) is 0 Å². The predicted molar refractivity (Wildman–Crippen MR) is 56.7 cm³/mol. The van der Waals surface area contributed by atoms with Crippen molar-refractivity contribution in [3.05, 3.63) is 0 Å². The van der Waals surface area contributed by atoms with Gasteiger partial charge in [0.25, 0.3) is 0 Å². The first-order valence-electron chi connectivity index (χ1n) is 6.11. The molecule has 0 aromatic carbocycles. The summed E-state index contributed by atoms with van der Waals surface area (Å²) in [5.74, 6) is 0.602. The maximum absolute atomic E-state index is 10.6. The first kappa shape index (κ1) is 10.9. The highest BCUT2D eigenvalue weighted by Crippen LogP contribution is 2.43. The van der Waals surface area contributed by atoms with Gasteiger partial charge in [0, 0.05) is 13.0 Å². The molecule has 3 heteroatoms. The molecule has 1 saturated carbocycles. The van der Waals surface area contributed by atoms with Gasteiger partial charge in [-0.3, -0.25) is 4.79 Å². The number of carbonyl (C=O) groups is 1. The van der Waals surface area contributed by atoms with Gasteiger partial charge < -0.3 is 9.84 Å². The Morgan fingerprint density at radius 3 is 2.67 bits per heavy atom. The van der Waals surface area contributed by atoms with Gasteiger partial charge in [-0.2, -0.15) is 0 Å². The van der Waals surface area contributed by atoms with Crippen molar-refractivity contribution in [1.82, 2.24) is 0 Å². The van der Waals surface area contributed by atoms with Crippen molar-refractivity contribution in [2.24, 2.45) is 11.8 Å². The van der Waals surface area contributed by atoms with Crippen LogP contribution in [0.25, 0.3) is 0 Å². The van der Waals surface area contributed by atoms with Crippen molar-refractivity contribution in [3.8, 4) is 0 Å². The van der Waals surface area contributed by atoms with Crippen LogP contribution >= 0.6 is 0 Å². The van der Waals surface area contributed by atoms with Gasteiger partial charge in [-0.05, 0) is 50.4 Å². The molecule has 0 bridgehead atoms. The van der Waals surface area contributed by atoms with Gasteiger partial charge in [0.2, 0.25) is 0 Å². The predicted octanol–water partition coefficient (Wildman–Crippen LogP) is 2.45. The molecule has 1 saturated heterocycles. The fraction of sp³-hybridized carbons (Fsp3) is 0.917. The van der Waals surface area contributed by atoms with E-state index in [1.54, 1.807) is 0 Å². The summed E-state index contributed by atoms with van der Waals surface area (Å²) in [4.78, 5) is 10.6. The lowest BCUT2D eigenvalue weighted by atomic mass is 9.87. The van der Waals surface area contributed by atoms with Gasteiger partial charge in [0.05, 0.1) is 6.10 Å². The number of ether oxygens (including phenoxy) is 1. The Labute approximate surface area is 90.8 Å². The molecule has 1 heterocycles. The highest BCUT2D eigenvalue weighted by atomic mass is 16.5. The van der Waals surface area contributed by atoms with E-state index in [1.165, 1.54) is 25.7 Å². The fourth-order valence-electron chi connectivity index (χ4n) is 2.64. The lowest BCUT2D eigenvalue weighted by Crippen LogP contribution is -2.29. The van der Waals surface area contributed by atoms with E-state index >= 15 is 0 Å². The standard InChI is InChI=1S/C12H20O3/c13-12(14)7-6-10(9-4-5-9)11-3-1-2-8-15-11/h9-11H,1-8H2,(H,13,14). The maximum atomic E-state index is 10.6.